The lowest BCUT2D eigenvalue weighted by atomic mass is 9.93. The molecule has 0 aliphatic rings. The van der Waals surface area contributed by atoms with Crippen molar-refractivity contribution in [3.63, 3.8) is 0 Å². The van der Waals surface area contributed by atoms with Crippen molar-refractivity contribution in [3.05, 3.63) is 35.1 Å². The number of hydrogen-bond donors (Lipinski definition) is 1. The summed E-state index contributed by atoms with van der Waals surface area (Å²) >= 11 is 0. The topological polar surface area (TPSA) is 29.5 Å². The lowest BCUT2D eigenvalue weighted by Crippen LogP contribution is -2.40. The second-order valence-corrected chi connectivity index (χ2v) is 4.83. The molecule has 1 aromatic rings. The first kappa shape index (κ1) is 14.1. The van der Waals surface area contributed by atoms with Crippen LogP contribution in [-0.4, -0.2) is 23.4 Å². The fraction of sp³-hybridized carbons (Fsp3) is 0.571. The molecular formula is C14H21FO2. The van der Waals surface area contributed by atoms with Crippen molar-refractivity contribution < 1.29 is 14.2 Å². The molecule has 0 aliphatic carbocycles. The highest BCUT2D eigenvalue weighted by atomic mass is 19.1. The van der Waals surface area contributed by atoms with E-state index in [1.54, 1.807) is 6.07 Å². The zero-order valence-corrected chi connectivity index (χ0v) is 11.0. The van der Waals surface area contributed by atoms with Crippen LogP contribution < -0.4 is 0 Å². The van der Waals surface area contributed by atoms with E-state index in [1.807, 2.05) is 27.7 Å². The minimum absolute atomic E-state index is 0.271. The fourth-order valence-corrected chi connectivity index (χ4v) is 1.78. The van der Waals surface area contributed by atoms with E-state index in [9.17, 15) is 9.50 Å². The van der Waals surface area contributed by atoms with Crippen LogP contribution in [0.2, 0.25) is 0 Å². The Morgan fingerprint density at radius 3 is 2.65 bits per heavy atom. The van der Waals surface area contributed by atoms with Crippen molar-refractivity contribution in [1.82, 2.24) is 0 Å². The Balaban J connectivity index is 2.80. The van der Waals surface area contributed by atoms with E-state index in [0.29, 0.717) is 13.0 Å². The van der Waals surface area contributed by atoms with E-state index in [1.165, 1.54) is 12.1 Å². The van der Waals surface area contributed by atoms with Gasteiger partial charge in [0.05, 0.1) is 11.7 Å². The normalized spacial score (nSPS) is 13.8. The molecule has 1 N–H and O–H groups in total. The maximum atomic E-state index is 13.1. The minimum atomic E-state index is -0.650. The molecule has 0 saturated heterocycles. The molecule has 1 aromatic carbocycles. The Kier molecular flexibility index (Phi) is 4.66. The predicted molar refractivity (Wildman–Crippen MR) is 66.6 cm³/mol. The van der Waals surface area contributed by atoms with E-state index in [2.05, 4.69) is 0 Å². The van der Waals surface area contributed by atoms with Crippen LogP contribution in [0.25, 0.3) is 0 Å². The Morgan fingerprint density at radius 2 is 2.06 bits per heavy atom. The largest absolute Gasteiger partial charge is 0.390 e. The number of ether oxygens (including phenoxy) is 1. The van der Waals surface area contributed by atoms with Crippen molar-refractivity contribution in [2.24, 2.45) is 0 Å². The third kappa shape index (κ3) is 3.79. The smallest absolute Gasteiger partial charge is 0.123 e. The molecule has 0 saturated carbocycles. The van der Waals surface area contributed by atoms with Gasteiger partial charge in [0.25, 0.3) is 0 Å². The summed E-state index contributed by atoms with van der Waals surface area (Å²) in [5.74, 6) is -0.271. The van der Waals surface area contributed by atoms with Crippen LogP contribution in [-0.2, 0) is 11.2 Å². The summed E-state index contributed by atoms with van der Waals surface area (Å²) in [7, 11) is 0. The summed E-state index contributed by atoms with van der Waals surface area (Å²) in [6.07, 6.45) is -0.251. The molecule has 0 heterocycles. The van der Waals surface area contributed by atoms with Crippen LogP contribution in [0.3, 0.4) is 0 Å². The SMILES string of the molecule is CCOC(C)(C)C(O)Cc1cc(F)ccc1C. The molecule has 0 radical (unpaired) electrons. The van der Waals surface area contributed by atoms with Gasteiger partial charge in [-0.2, -0.15) is 0 Å². The third-order valence-electron chi connectivity index (χ3n) is 3.04. The highest BCUT2D eigenvalue weighted by Gasteiger charge is 2.28. The van der Waals surface area contributed by atoms with E-state index in [4.69, 9.17) is 4.74 Å². The zero-order chi connectivity index (χ0) is 13.1. The van der Waals surface area contributed by atoms with Gasteiger partial charge < -0.3 is 9.84 Å². The molecule has 1 atom stereocenters. The molecule has 3 heteroatoms. The van der Waals surface area contributed by atoms with Crippen molar-refractivity contribution in [1.29, 1.82) is 0 Å². The standard InChI is InChI=1S/C14H21FO2/c1-5-17-14(3,4)13(16)9-11-8-12(15)7-6-10(11)2/h6-8,13,16H,5,9H2,1-4H3. The Morgan fingerprint density at radius 1 is 1.41 bits per heavy atom. The second-order valence-electron chi connectivity index (χ2n) is 4.83. The van der Waals surface area contributed by atoms with Gasteiger partial charge in [0.2, 0.25) is 0 Å². The predicted octanol–water partition coefficient (Wildman–Crippen LogP) is 2.85. The number of rotatable bonds is 5. The van der Waals surface area contributed by atoms with Gasteiger partial charge in [-0.25, -0.2) is 4.39 Å². The van der Waals surface area contributed by atoms with Gasteiger partial charge in [-0.3, -0.25) is 0 Å². The van der Waals surface area contributed by atoms with Gasteiger partial charge in [-0.1, -0.05) is 6.07 Å². The Bertz CT molecular complexity index is 374. The number of benzene rings is 1. The van der Waals surface area contributed by atoms with Gasteiger partial charge >= 0.3 is 0 Å². The number of halogens is 1. The monoisotopic (exact) mass is 240 g/mol. The first-order chi connectivity index (χ1) is 7.86. The van der Waals surface area contributed by atoms with Gasteiger partial charge in [0.1, 0.15) is 5.82 Å². The zero-order valence-electron chi connectivity index (χ0n) is 11.0. The van der Waals surface area contributed by atoms with E-state index in [0.717, 1.165) is 11.1 Å². The maximum absolute atomic E-state index is 13.1. The minimum Gasteiger partial charge on any atom is -0.390 e. The van der Waals surface area contributed by atoms with Crippen LogP contribution in [0.1, 0.15) is 31.9 Å². The molecule has 0 fully saturated rings. The average Bonchev–Trinajstić information content (AvgIpc) is 2.23. The van der Waals surface area contributed by atoms with Crippen LogP contribution in [0.15, 0.2) is 18.2 Å². The van der Waals surface area contributed by atoms with Crippen molar-refractivity contribution in [3.8, 4) is 0 Å². The summed E-state index contributed by atoms with van der Waals surface area (Å²) in [6.45, 7) is 8.04. The summed E-state index contributed by atoms with van der Waals surface area (Å²) < 4.78 is 18.6. The molecule has 0 aromatic heterocycles. The van der Waals surface area contributed by atoms with Crippen LogP contribution in [0.5, 0.6) is 0 Å². The van der Waals surface area contributed by atoms with E-state index in [-0.39, 0.29) is 5.82 Å². The molecule has 0 aliphatic heterocycles. The van der Waals surface area contributed by atoms with Gasteiger partial charge in [-0.05, 0) is 51.0 Å². The highest BCUT2D eigenvalue weighted by Crippen LogP contribution is 2.21. The molecule has 1 unspecified atom stereocenters. The molecule has 0 bridgehead atoms. The summed E-state index contributed by atoms with van der Waals surface area (Å²) in [6, 6.07) is 4.63. The number of hydrogen-bond acceptors (Lipinski definition) is 2. The number of aliphatic hydroxyl groups excluding tert-OH is 1. The first-order valence-electron chi connectivity index (χ1n) is 5.94. The number of aliphatic hydroxyl groups is 1. The molecule has 1 rings (SSSR count). The molecular weight excluding hydrogens is 219 g/mol. The lowest BCUT2D eigenvalue weighted by molar-refractivity contribution is -0.0955. The second kappa shape index (κ2) is 5.61. The number of aryl methyl sites for hydroxylation is 1. The fourth-order valence-electron chi connectivity index (χ4n) is 1.78. The van der Waals surface area contributed by atoms with Crippen LogP contribution in [0, 0.1) is 12.7 Å². The third-order valence-corrected chi connectivity index (χ3v) is 3.04. The Labute approximate surface area is 102 Å². The molecule has 17 heavy (non-hydrogen) atoms. The van der Waals surface area contributed by atoms with Gasteiger partial charge in [-0.15, -0.1) is 0 Å². The summed E-state index contributed by atoms with van der Waals surface area (Å²) in [5, 5.41) is 10.1. The van der Waals surface area contributed by atoms with Crippen molar-refractivity contribution >= 4 is 0 Å². The summed E-state index contributed by atoms with van der Waals surface area (Å²) in [4.78, 5) is 0. The van der Waals surface area contributed by atoms with E-state index < -0.39 is 11.7 Å². The maximum Gasteiger partial charge on any atom is 0.123 e. The molecule has 0 spiro atoms. The summed E-state index contributed by atoms with van der Waals surface area (Å²) in [5.41, 5.74) is 1.19. The van der Waals surface area contributed by atoms with Crippen LogP contribution >= 0.6 is 0 Å². The van der Waals surface area contributed by atoms with Crippen LogP contribution in [0.4, 0.5) is 4.39 Å². The Hall–Kier alpha value is -0.930. The first-order valence-corrected chi connectivity index (χ1v) is 5.94. The lowest BCUT2D eigenvalue weighted by Gasteiger charge is -2.30. The van der Waals surface area contributed by atoms with E-state index >= 15 is 0 Å². The average molecular weight is 240 g/mol. The molecule has 2 nitrogen and oxygen atoms in total. The van der Waals surface area contributed by atoms with Gasteiger partial charge in [0, 0.05) is 13.0 Å². The highest BCUT2D eigenvalue weighted by molar-refractivity contribution is 5.27. The van der Waals surface area contributed by atoms with Crippen molar-refractivity contribution in [2.45, 2.75) is 45.8 Å². The van der Waals surface area contributed by atoms with Gasteiger partial charge in [0.15, 0.2) is 0 Å². The molecule has 0 amide bonds. The van der Waals surface area contributed by atoms with Crippen molar-refractivity contribution in [2.75, 3.05) is 6.61 Å². The molecule has 96 valence electrons. The quantitative estimate of drug-likeness (QED) is 0.857.